The predicted molar refractivity (Wildman–Crippen MR) is 105 cm³/mol. The lowest BCUT2D eigenvalue weighted by Gasteiger charge is -2.27. The molecule has 1 aromatic heterocycles. The van der Waals surface area contributed by atoms with Gasteiger partial charge in [0.05, 0.1) is 17.1 Å². The zero-order chi connectivity index (χ0) is 20.6. The normalized spacial score (nSPS) is 13.6. The lowest BCUT2D eigenvalue weighted by atomic mass is 9.94. The van der Waals surface area contributed by atoms with E-state index in [0.717, 1.165) is 17.1 Å². The van der Waals surface area contributed by atoms with E-state index in [2.05, 4.69) is 34.7 Å². The molecule has 2 heterocycles. The second kappa shape index (κ2) is 7.12. The average molecular weight is 415 g/mol. The van der Waals surface area contributed by atoms with E-state index in [4.69, 9.17) is 9.47 Å². The van der Waals surface area contributed by atoms with E-state index in [9.17, 15) is 8.42 Å². The molecule has 0 unspecified atom stereocenters. The summed E-state index contributed by atoms with van der Waals surface area (Å²) in [4.78, 5) is 0.248. The molecule has 2 aromatic carbocycles. The molecule has 29 heavy (non-hydrogen) atoms. The van der Waals surface area contributed by atoms with Crippen LogP contribution in [0.25, 0.3) is 5.69 Å². The van der Waals surface area contributed by atoms with Crippen molar-refractivity contribution in [3.8, 4) is 17.2 Å². The molecule has 0 aliphatic carbocycles. The zero-order valence-corrected chi connectivity index (χ0v) is 17.1. The molecule has 0 amide bonds. The fourth-order valence-corrected chi connectivity index (χ4v) is 3.67. The van der Waals surface area contributed by atoms with E-state index < -0.39 is 9.84 Å². The summed E-state index contributed by atoms with van der Waals surface area (Å²) in [5.41, 5.74) is 1.34. The molecule has 1 N–H and O–H groups in total. The Kier molecular flexibility index (Phi) is 4.75. The third kappa shape index (κ3) is 3.94. The van der Waals surface area contributed by atoms with Crippen LogP contribution < -0.4 is 14.8 Å². The van der Waals surface area contributed by atoms with E-state index in [0.29, 0.717) is 18.1 Å². The van der Waals surface area contributed by atoms with Crippen molar-refractivity contribution in [2.24, 2.45) is 0 Å². The fourth-order valence-electron chi connectivity index (χ4n) is 3.04. The quantitative estimate of drug-likeness (QED) is 0.649. The van der Waals surface area contributed by atoms with Gasteiger partial charge in [0.25, 0.3) is 0 Å². The van der Waals surface area contributed by atoms with Crippen LogP contribution in [0.5, 0.6) is 11.5 Å². The Balaban J connectivity index is 1.52. The molecule has 0 bridgehead atoms. The van der Waals surface area contributed by atoms with Crippen LogP contribution in [0, 0.1) is 0 Å². The Morgan fingerprint density at radius 3 is 2.55 bits per heavy atom. The number of benzene rings is 2. The Morgan fingerprint density at radius 1 is 1.10 bits per heavy atom. The second-order valence-electron chi connectivity index (χ2n) is 7.32. The maximum absolute atomic E-state index is 11.6. The summed E-state index contributed by atoms with van der Waals surface area (Å²) in [6.07, 6.45) is 1.17. The molecule has 0 saturated heterocycles. The van der Waals surface area contributed by atoms with Crippen molar-refractivity contribution < 1.29 is 17.9 Å². The maximum atomic E-state index is 11.6. The topological polar surface area (TPSA) is 108 Å². The summed E-state index contributed by atoms with van der Waals surface area (Å²) in [5.74, 6) is 2.07. The zero-order valence-electron chi connectivity index (χ0n) is 16.3. The van der Waals surface area contributed by atoms with Crippen molar-refractivity contribution in [1.29, 1.82) is 0 Å². The minimum atomic E-state index is -3.26. The number of tetrazole rings is 1. The molecule has 1 aliphatic heterocycles. The lowest BCUT2D eigenvalue weighted by molar-refractivity contribution is 0.174. The monoisotopic (exact) mass is 415 g/mol. The first-order valence-electron chi connectivity index (χ1n) is 8.97. The fraction of sp³-hybridized carbons (Fsp3) is 0.316. The predicted octanol–water partition coefficient (Wildman–Crippen LogP) is 1.82. The van der Waals surface area contributed by atoms with Crippen molar-refractivity contribution in [2.45, 2.75) is 30.8 Å². The molecular formula is C19H21N5O4S. The summed E-state index contributed by atoms with van der Waals surface area (Å²) in [6, 6.07) is 12.3. The summed E-state index contributed by atoms with van der Waals surface area (Å²) >= 11 is 0. The SMILES string of the molecule is CC(C)(NCc1nnnn1-c1ccc(S(C)(=O)=O)cc1)c1ccc2c(c1)OCO2. The van der Waals surface area contributed by atoms with Gasteiger partial charge in [0.15, 0.2) is 27.2 Å². The number of rotatable bonds is 6. The highest BCUT2D eigenvalue weighted by atomic mass is 32.2. The summed E-state index contributed by atoms with van der Waals surface area (Å²) in [5, 5.41) is 15.3. The van der Waals surface area contributed by atoms with E-state index in [1.165, 1.54) is 6.26 Å². The lowest BCUT2D eigenvalue weighted by Crippen LogP contribution is -2.36. The van der Waals surface area contributed by atoms with Gasteiger partial charge in [-0.3, -0.25) is 0 Å². The minimum absolute atomic E-state index is 0.236. The second-order valence-corrected chi connectivity index (χ2v) is 9.34. The van der Waals surface area contributed by atoms with E-state index >= 15 is 0 Å². The maximum Gasteiger partial charge on any atom is 0.231 e. The van der Waals surface area contributed by atoms with E-state index in [1.54, 1.807) is 28.9 Å². The van der Waals surface area contributed by atoms with Crippen LogP contribution in [0.3, 0.4) is 0 Å². The van der Waals surface area contributed by atoms with Gasteiger partial charge in [0.1, 0.15) is 0 Å². The van der Waals surface area contributed by atoms with Crippen LogP contribution in [0.1, 0.15) is 25.2 Å². The van der Waals surface area contributed by atoms with Crippen LogP contribution >= 0.6 is 0 Å². The van der Waals surface area contributed by atoms with Gasteiger partial charge < -0.3 is 14.8 Å². The summed E-state index contributed by atoms with van der Waals surface area (Å²) in [7, 11) is -3.26. The number of aromatic nitrogens is 4. The van der Waals surface area contributed by atoms with Gasteiger partial charge in [-0.25, -0.2) is 8.42 Å². The third-order valence-electron chi connectivity index (χ3n) is 4.83. The molecule has 3 aromatic rings. The average Bonchev–Trinajstić information content (AvgIpc) is 3.34. The van der Waals surface area contributed by atoms with Crippen molar-refractivity contribution in [1.82, 2.24) is 25.5 Å². The third-order valence-corrected chi connectivity index (χ3v) is 5.95. The molecule has 0 atom stereocenters. The molecule has 0 fully saturated rings. The van der Waals surface area contributed by atoms with Crippen LogP contribution in [-0.2, 0) is 21.9 Å². The van der Waals surface area contributed by atoms with Gasteiger partial charge in [-0.05, 0) is 66.2 Å². The molecule has 1 aliphatic rings. The smallest absolute Gasteiger partial charge is 0.231 e. The number of nitrogens with one attached hydrogen (secondary N) is 1. The molecule has 0 spiro atoms. The minimum Gasteiger partial charge on any atom is -0.454 e. The number of hydrogen-bond donors (Lipinski definition) is 1. The standard InChI is InChI=1S/C19H21N5O4S/c1-19(2,13-4-9-16-17(10-13)28-12-27-16)20-11-18-21-22-23-24(18)14-5-7-15(8-6-14)29(3,25)26/h4-10,20H,11-12H2,1-3H3. The van der Waals surface area contributed by atoms with Crippen LogP contribution in [0.15, 0.2) is 47.4 Å². The Morgan fingerprint density at radius 2 is 1.83 bits per heavy atom. The van der Waals surface area contributed by atoms with E-state index in [-0.39, 0.29) is 17.2 Å². The molecular weight excluding hydrogens is 394 g/mol. The van der Waals surface area contributed by atoms with Crippen molar-refractivity contribution in [3.63, 3.8) is 0 Å². The molecule has 0 radical (unpaired) electrons. The highest BCUT2D eigenvalue weighted by molar-refractivity contribution is 7.90. The van der Waals surface area contributed by atoms with Gasteiger partial charge in [0, 0.05) is 11.8 Å². The number of nitrogens with zero attached hydrogens (tertiary/aromatic N) is 4. The van der Waals surface area contributed by atoms with Crippen molar-refractivity contribution >= 4 is 9.84 Å². The highest BCUT2D eigenvalue weighted by Crippen LogP contribution is 2.35. The van der Waals surface area contributed by atoms with Crippen LogP contribution in [0.2, 0.25) is 0 Å². The van der Waals surface area contributed by atoms with Gasteiger partial charge in [-0.15, -0.1) is 5.10 Å². The molecule has 9 nitrogen and oxygen atoms in total. The van der Waals surface area contributed by atoms with E-state index in [1.807, 2.05) is 18.2 Å². The first kappa shape index (κ1) is 19.3. The first-order chi connectivity index (χ1) is 13.7. The van der Waals surface area contributed by atoms with Crippen LogP contribution in [-0.4, -0.2) is 41.7 Å². The van der Waals surface area contributed by atoms with Gasteiger partial charge in [0.2, 0.25) is 6.79 Å². The van der Waals surface area contributed by atoms with Gasteiger partial charge >= 0.3 is 0 Å². The number of sulfone groups is 1. The van der Waals surface area contributed by atoms with Gasteiger partial charge in [-0.2, -0.15) is 4.68 Å². The number of fused-ring (bicyclic) bond motifs is 1. The summed E-state index contributed by atoms with van der Waals surface area (Å²) in [6.45, 7) is 4.75. The first-order valence-corrected chi connectivity index (χ1v) is 10.9. The van der Waals surface area contributed by atoms with Gasteiger partial charge in [-0.1, -0.05) is 6.07 Å². The Bertz CT molecular complexity index is 1140. The number of ether oxygens (including phenoxy) is 2. The van der Waals surface area contributed by atoms with Crippen molar-refractivity contribution in [2.75, 3.05) is 13.0 Å². The Hall–Kier alpha value is -2.98. The van der Waals surface area contributed by atoms with Crippen LogP contribution in [0.4, 0.5) is 0 Å². The molecule has 4 rings (SSSR count). The molecule has 10 heteroatoms. The summed E-state index contributed by atoms with van der Waals surface area (Å²) < 4.78 is 35.7. The Labute approximate surface area is 168 Å². The molecule has 152 valence electrons. The molecule has 0 saturated carbocycles. The van der Waals surface area contributed by atoms with Crippen molar-refractivity contribution in [3.05, 3.63) is 53.9 Å². The highest BCUT2D eigenvalue weighted by Gasteiger charge is 2.24. The number of hydrogen-bond acceptors (Lipinski definition) is 8. The largest absolute Gasteiger partial charge is 0.454 e.